The number of carbonyl (C=O) groups excluding carboxylic acids is 1. The molecule has 1 aromatic carbocycles. The molecule has 0 spiro atoms. The average molecular weight is 390 g/mol. The summed E-state index contributed by atoms with van der Waals surface area (Å²) in [6.45, 7) is 6.60. The van der Waals surface area contributed by atoms with Crippen molar-refractivity contribution in [2.45, 2.75) is 32.1 Å². The van der Waals surface area contributed by atoms with E-state index < -0.39 is 0 Å². The molecule has 5 rings (SSSR count). The number of aryl methyl sites for hydroxylation is 1. The molecule has 2 aromatic heterocycles. The Morgan fingerprint density at radius 3 is 2.83 bits per heavy atom. The van der Waals surface area contributed by atoms with Gasteiger partial charge in [0, 0.05) is 37.1 Å². The molecule has 0 bridgehead atoms. The summed E-state index contributed by atoms with van der Waals surface area (Å²) in [5.41, 5.74) is 4.87. The van der Waals surface area contributed by atoms with E-state index in [0.717, 1.165) is 79.8 Å². The minimum Gasteiger partial charge on any atom is -0.356 e. The summed E-state index contributed by atoms with van der Waals surface area (Å²) in [6.07, 6.45) is 4.76. The second kappa shape index (κ2) is 7.59. The Morgan fingerprint density at radius 2 is 1.97 bits per heavy atom. The number of likely N-dealkylation sites (tertiary alicyclic amines) is 1. The van der Waals surface area contributed by atoms with Crippen LogP contribution in [0, 0.1) is 6.92 Å². The third-order valence-electron chi connectivity index (χ3n) is 6.42. The molecule has 0 atom stereocenters. The number of nitrogens with zero attached hydrogens (tertiary/aromatic N) is 4. The van der Waals surface area contributed by atoms with Crippen LogP contribution in [0.1, 0.15) is 46.1 Å². The molecule has 6 heteroatoms. The second-order valence-corrected chi connectivity index (χ2v) is 8.19. The van der Waals surface area contributed by atoms with Crippen molar-refractivity contribution in [3.05, 3.63) is 59.0 Å². The molecule has 6 nitrogen and oxygen atoms in total. The van der Waals surface area contributed by atoms with E-state index in [2.05, 4.69) is 40.2 Å². The molecule has 29 heavy (non-hydrogen) atoms. The average Bonchev–Trinajstić information content (AvgIpc) is 3.19. The molecule has 4 heterocycles. The zero-order valence-corrected chi connectivity index (χ0v) is 16.8. The lowest BCUT2D eigenvalue weighted by Gasteiger charge is -2.34. The minimum atomic E-state index is 0.0752. The van der Waals surface area contributed by atoms with Gasteiger partial charge in [-0.1, -0.05) is 23.4 Å². The highest BCUT2D eigenvalue weighted by molar-refractivity contribution is 5.94. The maximum Gasteiger partial charge on any atom is 0.272 e. The Kier molecular flexibility index (Phi) is 4.79. The summed E-state index contributed by atoms with van der Waals surface area (Å²) in [6, 6.07) is 10.2. The van der Waals surface area contributed by atoms with Gasteiger partial charge in [0.15, 0.2) is 5.58 Å². The smallest absolute Gasteiger partial charge is 0.272 e. The number of para-hydroxylation sites is 1. The molecule has 2 aliphatic rings. The van der Waals surface area contributed by atoms with Gasteiger partial charge in [-0.2, -0.15) is 0 Å². The van der Waals surface area contributed by atoms with Gasteiger partial charge >= 0.3 is 0 Å². The molecule has 0 unspecified atom stereocenters. The molecular weight excluding hydrogens is 364 g/mol. The Labute approximate surface area is 170 Å². The molecule has 1 fully saturated rings. The molecule has 150 valence electrons. The van der Waals surface area contributed by atoms with Crippen LogP contribution < -0.4 is 0 Å². The van der Waals surface area contributed by atoms with Crippen LogP contribution in [0.5, 0.6) is 0 Å². The normalized spacial score (nSPS) is 18.4. The highest BCUT2D eigenvalue weighted by Crippen LogP contribution is 2.33. The van der Waals surface area contributed by atoms with Crippen molar-refractivity contribution in [2.24, 2.45) is 0 Å². The van der Waals surface area contributed by atoms with E-state index in [4.69, 9.17) is 4.52 Å². The number of aromatic nitrogens is 2. The molecule has 3 aromatic rings. The lowest BCUT2D eigenvalue weighted by Crippen LogP contribution is -2.44. The second-order valence-electron chi connectivity index (χ2n) is 8.19. The van der Waals surface area contributed by atoms with E-state index in [1.165, 1.54) is 0 Å². The predicted molar refractivity (Wildman–Crippen MR) is 111 cm³/mol. The summed E-state index contributed by atoms with van der Waals surface area (Å²) in [7, 11) is 0. The van der Waals surface area contributed by atoms with Crippen LogP contribution in [0.2, 0.25) is 0 Å². The summed E-state index contributed by atoms with van der Waals surface area (Å²) in [4.78, 5) is 21.4. The molecule has 1 amide bonds. The van der Waals surface area contributed by atoms with E-state index in [9.17, 15) is 4.79 Å². The Morgan fingerprint density at radius 1 is 1.10 bits per heavy atom. The number of rotatable bonds is 4. The fourth-order valence-electron chi connectivity index (χ4n) is 4.66. The van der Waals surface area contributed by atoms with E-state index >= 15 is 0 Å². The summed E-state index contributed by atoms with van der Waals surface area (Å²) in [5.74, 6) is 0.521. The van der Waals surface area contributed by atoms with Gasteiger partial charge in [0.05, 0.1) is 5.69 Å². The largest absolute Gasteiger partial charge is 0.356 e. The topological polar surface area (TPSA) is 62.5 Å². The maximum absolute atomic E-state index is 12.7. The van der Waals surface area contributed by atoms with E-state index in [-0.39, 0.29) is 5.91 Å². The third-order valence-corrected chi connectivity index (χ3v) is 6.42. The van der Waals surface area contributed by atoms with Crippen LogP contribution in [-0.4, -0.2) is 58.6 Å². The van der Waals surface area contributed by atoms with Crippen LogP contribution >= 0.6 is 0 Å². The predicted octanol–water partition coefficient (Wildman–Crippen LogP) is 3.41. The van der Waals surface area contributed by atoms with Gasteiger partial charge in [0.2, 0.25) is 0 Å². The van der Waals surface area contributed by atoms with Crippen molar-refractivity contribution in [3.8, 4) is 0 Å². The highest BCUT2D eigenvalue weighted by atomic mass is 16.5. The number of benzene rings is 1. The molecule has 2 aliphatic heterocycles. The summed E-state index contributed by atoms with van der Waals surface area (Å²) in [5, 5.41) is 5.56. The summed E-state index contributed by atoms with van der Waals surface area (Å²) >= 11 is 0. The first-order valence-corrected chi connectivity index (χ1v) is 10.5. The van der Waals surface area contributed by atoms with Crippen LogP contribution in [-0.2, 0) is 6.42 Å². The highest BCUT2D eigenvalue weighted by Gasteiger charge is 2.28. The van der Waals surface area contributed by atoms with Crippen LogP contribution in [0.25, 0.3) is 11.0 Å². The van der Waals surface area contributed by atoms with Crippen molar-refractivity contribution in [1.82, 2.24) is 19.9 Å². The van der Waals surface area contributed by atoms with E-state index in [1.54, 1.807) is 6.20 Å². The van der Waals surface area contributed by atoms with Gasteiger partial charge < -0.3 is 14.3 Å². The molecule has 0 radical (unpaired) electrons. The molecular formula is C23H26N4O2. The van der Waals surface area contributed by atoms with Gasteiger partial charge in [-0.15, -0.1) is 0 Å². The number of pyridine rings is 1. The number of fused-ring (bicyclic) bond motifs is 2. The molecule has 0 N–H and O–H groups in total. The quantitative estimate of drug-likeness (QED) is 0.683. The number of hydrogen-bond donors (Lipinski definition) is 0. The van der Waals surface area contributed by atoms with Gasteiger partial charge in [-0.25, -0.2) is 0 Å². The standard InChI is InChI=1S/C23H26N4O2/c1-16-4-2-6-19-20(25-29-22(16)19)18-7-11-26(12-8-18)14-15-27-13-9-17-5-3-10-24-21(17)23(27)28/h2-6,10,18H,7-9,11-15H2,1H3. The SMILES string of the molecule is Cc1cccc2c(C3CCN(CCN4CCc5cccnc5C4=O)CC3)noc12. The fourth-order valence-corrected chi connectivity index (χ4v) is 4.66. The van der Waals surface area contributed by atoms with Gasteiger partial charge in [-0.3, -0.25) is 9.78 Å². The number of carbonyl (C=O) groups is 1. The first-order chi connectivity index (χ1) is 14.2. The van der Waals surface area contributed by atoms with Gasteiger partial charge in [0.25, 0.3) is 5.91 Å². The third kappa shape index (κ3) is 3.42. The van der Waals surface area contributed by atoms with Crippen molar-refractivity contribution in [1.29, 1.82) is 0 Å². The first kappa shape index (κ1) is 18.3. The molecule has 0 saturated carbocycles. The fraction of sp³-hybridized carbons (Fsp3) is 0.435. The van der Waals surface area contributed by atoms with Gasteiger partial charge in [-0.05, 0) is 62.5 Å². The van der Waals surface area contributed by atoms with Crippen molar-refractivity contribution < 1.29 is 9.32 Å². The van der Waals surface area contributed by atoms with E-state index in [1.807, 2.05) is 17.0 Å². The Balaban J connectivity index is 1.18. The van der Waals surface area contributed by atoms with Crippen molar-refractivity contribution in [2.75, 3.05) is 32.7 Å². The molecule has 1 saturated heterocycles. The Hall–Kier alpha value is -2.73. The zero-order chi connectivity index (χ0) is 19.8. The van der Waals surface area contributed by atoms with Gasteiger partial charge in [0.1, 0.15) is 5.69 Å². The van der Waals surface area contributed by atoms with Crippen molar-refractivity contribution >= 4 is 16.9 Å². The summed E-state index contributed by atoms with van der Waals surface area (Å²) < 4.78 is 5.61. The molecule has 0 aliphatic carbocycles. The Bertz CT molecular complexity index is 1040. The monoisotopic (exact) mass is 390 g/mol. The number of amides is 1. The number of hydrogen-bond acceptors (Lipinski definition) is 5. The number of piperidine rings is 1. The van der Waals surface area contributed by atoms with E-state index in [0.29, 0.717) is 11.6 Å². The zero-order valence-electron chi connectivity index (χ0n) is 16.8. The van der Waals surface area contributed by atoms with Crippen LogP contribution in [0.4, 0.5) is 0 Å². The lowest BCUT2D eigenvalue weighted by molar-refractivity contribution is 0.0703. The lowest BCUT2D eigenvalue weighted by atomic mass is 9.91. The minimum absolute atomic E-state index is 0.0752. The van der Waals surface area contributed by atoms with Crippen LogP contribution in [0.3, 0.4) is 0 Å². The van der Waals surface area contributed by atoms with Crippen molar-refractivity contribution in [3.63, 3.8) is 0 Å². The first-order valence-electron chi connectivity index (χ1n) is 10.5. The van der Waals surface area contributed by atoms with Crippen LogP contribution in [0.15, 0.2) is 41.1 Å². The maximum atomic E-state index is 12.7.